The number of benzene rings is 1. The summed E-state index contributed by atoms with van der Waals surface area (Å²) in [5.74, 6) is 1.90. The van der Waals surface area contributed by atoms with E-state index in [-0.39, 0.29) is 0 Å². The normalized spacial score (nSPS) is 10.7. The number of hydrogen-bond donors (Lipinski definition) is 2. The van der Waals surface area contributed by atoms with Gasteiger partial charge in [-0.05, 0) is 66.1 Å². The van der Waals surface area contributed by atoms with Gasteiger partial charge in [0.1, 0.15) is 11.6 Å². The number of aromatic nitrogens is 2. The predicted octanol–water partition coefficient (Wildman–Crippen LogP) is 4.06. The minimum atomic E-state index is 0.340. The number of nitrogens with zero attached hydrogens (tertiary/aromatic N) is 2. The van der Waals surface area contributed by atoms with E-state index in [9.17, 15) is 5.11 Å². The molecule has 0 atom stereocenters. The zero-order chi connectivity index (χ0) is 15.6. The monoisotopic (exact) mass is 397 g/mol. The zero-order valence-electron chi connectivity index (χ0n) is 12.8. The molecule has 0 radical (unpaired) electrons. The van der Waals surface area contributed by atoms with E-state index < -0.39 is 0 Å². The molecule has 1 heterocycles. The molecule has 0 saturated carbocycles. The van der Waals surface area contributed by atoms with Crippen LogP contribution >= 0.6 is 22.6 Å². The van der Waals surface area contributed by atoms with Gasteiger partial charge in [0, 0.05) is 12.6 Å². The quantitative estimate of drug-likeness (QED) is 0.764. The van der Waals surface area contributed by atoms with Crippen LogP contribution in [-0.2, 0) is 6.42 Å². The van der Waals surface area contributed by atoms with Crippen LogP contribution in [0.15, 0.2) is 12.1 Å². The lowest BCUT2D eigenvalue weighted by Crippen LogP contribution is -2.05. The number of phenolic OH excluding ortho intramolecular Hbond substituents is 1. The first kappa shape index (κ1) is 16.0. The third-order valence-corrected chi connectivity index (χ3v) is 4.53. The minimum absolute atomic E-state index is 0.340. The molecule has 0 fully saturated rings. The lowest BCUT2D eigenvalue weighted by Gasteiger charge is -2.12. The number of phenols is 1. The maximum absolute atomic E-state index is 9.91. The maximum atomic E-state index is 9.91. The van der Waals surface area contributed by atoms with Crippen LogP contribution in [0.2, 0.25) is 0 Å². The van der Waals surface area contributed by atoms with Crippen LogP contribution in [0.1, 0.15) is 30.2 Å². The Morgan fingerprint density at radius 2 is 1.81 bits per heavy atom. The fourth-order valence-electron chi connectivity index (χ4n) is 2.28. The van der Waals surface area contributed by atoms with Crippen LogP contribution < -0.4 is 5.32 Å². The molecule has 0 unspecified atom stereocenters. The molecule has 2 N–H and O–H groups in total. The van der Waals surface area contributed by atoms with E-state index in [0.29, 0.717) is 11.6 Å². The van der Waals surface area contributed by atoms with E-state index in [4.69, 9.17) is 4.98 Å². The molecule has 5 heteroatoms. The Balaban J connectivity index is 2.60. The van der Waals surface area contributed by atoms with Gasteiger partial charge in [-0.1, -0.05) is 13.3 Å². The van der Waals surface area contributed by atoms with Gasteiger partial charge in [-0.25, -0.2) is 9.97 Å². The van der Waals surface area contributed by atoms with Gasteiger partial charge in [0.15, 0.2) is 5.82 Å². The van der Waals surface area contributed by atoms with Gasteiger partial charge in [0.05, 0.1) is 9.26 Å². The van der Waals surface area contributed by atoms with Gasteiger partial charge in [-0.2, -0.15) is 0 Å². The van der Waals surface area contributed by atoms with Gasteiger partial charge >= 0.3 is 0 Å². The molecule has 4 nitrogen and oxygen atoms in total. The van der Waals surface area contributed by atoms with Crippen molar-refractivity contribution >= 4 is 28.4 Å². The molecular weight excluding hydrogens is 377 g/mol. The summed E-state index contributed by atoms with van der Waals surface area (Å²) in [7, 11) is 1.87. The third kappa shape index (κ3) is 3.28. The average Bonchev–Trinajstić information content (AvgIpc) is 2.46. The van der Waals surface area contributed by atoms with Gasteiger partial charge in [0.25, 0.3) is 0 Å². The summed E-state index contributed by atoms with van der Waals surface area (Å²) in [6, 6.07) is 3.86. The van der Waals surface area contributed by atoms with E-state index in [0.717, 1.165) is 44.6 Å². The number of aromatic hydroxyl groups is 1. The van der Waals surface area contributed by atoms with Crippen molar-refractivity contribution in [1.82, 2.24) is 9.97 Å². The van der Waals surface area contributed by atoms with Crippen LogP contribution in [0.4, 0.5) is 5.82 Å². The molecule has 112 valence electrons. The lowest BCUT2D eigenvalue weighted by molar-refractivity contribution is 0.467. The highest BCUT2D eigenvalue weighted by Crippen LogP contribution is 2.29. The second-order valence-electron chi connectivity index (χ2n) is 5.12. The van der Waals surface area contributed by atoms with E-state index in [1.165, 1.54) is 0 Å². The molecule has 2 rings (SSSR count). The summed E-state index contributed by atoms with van der Waals surface area (Å²) in [6.45, 7) is 5.93. The summed E-state index contributed by atoms with van der Waals surface area (Å²) in [6.07, 6.45) is 1.97. The van der Waals surface area contributed by atoms with Crippen LogP contribution in [0.3, 0.4) is 0 Å². The second-order valence-corrected chi connectivity index (χ2v) is 6.19. The largest absolute Gasteiger partial charge is 0.507 e. The summed E-state index contributed by atoms with van der Waals surface area (Å²) in [4.78, 5) is 9.32. The number of rotatable bonds is 4. The Morgan fingerprint density at radius 1 is 1.19 bits per heavy atom. The molecule has 1 aromatic heterocycles. The first-order chi connectivity index (χ1) is 9.97. The Hall–Kier alpha value is -1.37. The van der Waals surface area contributed by atoms with E-state index in [2.05, 4.69) is 39.8 Å². The molecule has 1 aromatic carbocycles. The topological polar surface area (TPSA) is 58.0 Å². The molecule has 0 aliphatic carbocycles. The standard InChI is InChI=1S/C16H20IN3O/c1-5-6-12-13(17)16(18-4)20-15(19-12)11-7-9(2)14(21)10(3)8-11/h7-8,21H,5-6H2,1-4H3,(H,18,19,20). The Kier molecular flexibility index (Phi) is 5.03. The van der Waals surface area contributed by atoms with Gasteiger partial charge in [-0.3, -0.25) is 0 Å². The molecule has 0 aliphatic rings. The molecule has 21 heavy (non-hydrogen) atoms. The van der Waals surface area contributed by atoms with Crippen LogP contribution in [0.5, 0.6) is 5.75 Å². The first-order valence-electron chi connectivity index (χ1n) is 7.02. The summed E-state index contributed by atoms with van der Waals surface area (Å²) < 4.78 is 1.08. The van der Waals surface area contributed by atoms with Crippen LogP contribution in [0.25, 0.3) is 11.4 Å². The van der Waals surface area contributed by atoms with Crippen molar-refractivity contribution in [2.45, 2.75) is 33.6 Å². The highest BCUT2D eigenvalue weighted by atomic mass is 127. The molecule has 0 saturated heterocycles. The fraction of sp³-hybridized carbons (Fsp3) is 0.375. The first-order valence-corrected chi connectivity index (χ1v) is 8.10. The van der Waals surface area contributed by atoms with Gasteiger partial charge in [0.2, 0.25) is 0 Å². The summed E-state index contributed by atoms with van der Waals surface area (Å²) in [5, 5.41) is 13.0. The highest BCUT2D eigenvalue weighted by Gasteiger charge is 2.13. The van der Waals surface area contributed by atoms with Gasteiger partial charge < -0.3 is 10.4 Å². The van der Waals surface area contributed by atoms with Crippen molar-refractivity contribution in [2.75, 3.05) is 12.4 Å². The van der Waals surface area contributed by atoms with Crippen LogP contribution in [-0.4, -0.2) is 22.1 Å². The maximum Gasteiger partial charge on any atom is 0.161 e. The number of anilines is 1. The van der Waals surface area contributed by atoms with Crippen molar-refractivity contribution in [3.8, 4) is 17.1 Å². The van der Waals surface area contributed by atoms with Crippen molar-refractivity contribution in [3.63, 3.8) is 0 Å². The third-order valence-electron chi connectivity index (χ3n) is 3.39. The predicted molar refractivity (Wildman–Crippen MR) is 94.9 cm³/mol. The van der Waals surface area contributed by atoms with Gasteiger partial charge in [-0.15, -0.1) is 0 Å². The number of aryl methyl sites for hydroxylation is 3. The molecule has 0 spiro atoms. The SMILES string of the molecule is CCCc1nc(-c2cc(C)c(O)c(C)c2)nc(NC)c1I. The Labute approximate surface area is 139 Å². The highest BCUT2D eigenvalue weighted by molar-refractivity contribution is 14.1. The smallest absolute Gasteiger partial charge is 0.161 e. The Bertz CT molecular complexity index is 648. The van der Waals surface area contributed by atoms with Crippen molar-refractivity contribution in [1.29, 1.82) is 0 Å². The zero-order valence-corrected chi connectivity index (χ0v) is 14.9. The molecule has 2 aromatic rings. The minimum Gasteiger partial charge on any atom is -0.507 e. The number of halogens is 1. The van der Waals surface area contributed by atoms with Crippen molar-refractivity contribution < 1.29 is 5.11 Å². The van der Waals surface area contributed by atoms with Crippen molar-refractivity contribution in [2.24, 2.45) is 0 Å². The number of hydrogen-bond acceptors (Lipinski definition) is 4. The molecule has 0 bridgehead atoms. The molecule has 0 aliphatic heterocycles. The molecular formula is C16H20IN3O. The van der Waals surface area contributed by atoms with Crippen molar-refractivity contribution in [3.05, 3.63) is 32.5 Å². The average molecular weight is 397 g/mol. The van der Waals surface area contributed by atoms with E-state index in [1.807, 2.05) is 33.0 Å². The summed E-state index contributed by atoms with van der Waals surface area (Å²) in [5.41, 5.74) is 3.69. The lowest BCUT2D eigenvalue weighted by atomic mass is 10.1. The molecule has 0 amide bonds. The fourth-order valence-corrected chi connectivity index (χ4v) is 3.06. The van der Waals surface area contributed by atoms with E-state index in [1.54, 1.807) is 0 Å². The second kappa shape index (κ2) is 6.60. The number of nitrogens with one attached hydrogen (secondary N) is 1. The summed E-state index contributed by atoms with van der Waals surface area (Å²) >= 11 is 2.29. The van der Waals surface area contributed by atoms with E-state index >= 15 is 0 Å². The van der Waals surface area contributed by atoms with Crippen LogP contribution in [0, 0.1) is 17.4 Å². The Morgan fingerprint density at radius 3 is 2.33 bits per heavy atom.